The van der Waals surface area contributed by atoms with Gasteiger partial charge in [-0.25, -0.2) is 4.39 Å². The summed E-state index contributed by atoms with van der Waals surface area (Å²) in [5.41, 5.74) is 1.60. The number of carbonyl (C=O) groups excluding carboxylic acids is 1. The van der Waals surface area contributed by atoms with Crippen molar-refractivity contribution >= 4 is 28.9 Å². The van der Waals surface area contributed by atoms with Gasteiger partial charge in [0.05, 0.1) is 43.5 Å². The Bertz CT molecular complexity index is 825. The standard InChI is InChI=1S/C21H25ClFN3O2/c1-3-28-20-7-5-4-6-19(20)26-12-10-25(11-13-26)15(2)21(27)24-16-8-9-18(23)17(22)14-16/h4-9,14-15H,3,10-13H2,1-2H3,(H,24,27)/p+1/t15-/m0/s1. The van der Waals surface area contributed by atoms with Gasteiger partial charge < -0.3 is 19.9 Å². The summed E-state index contributed by atoms with van der Waals surface area (Å²) in [4.78, 5) is 16.1. The van der Waals surface area contributed by atoms with Gasteiger partial charge in [-0.05, 0) is 44.2 Å². The van der Waals surface area contributed by atoms with E-state index < -0.39 is 5.82 Å². The number of quaternary nitrogens is 1. The number of rotatable bonds is 6. The molecule has 2 aromatic carbocycles. The van der Waals surface area contributed by atoms with E-state index >= 15 is 0 Å². The first-order valence-corrected chi connectivity index (χ1v) is 9.94. The number of ether oxygens (including phenoxy) is 1. The lowest BCUT2D eigenvalue weighted by molar-refractivity contribution is -0.914. The molecule has 1 saturated heterocycles. The van der Waals surface area contributed by atoms with Crippen LogP contribution in [-0.4, -0.2) is 44.7 Å². The van der Waals surface area contributed by atoms with Gasteiger partial charge in [-0.2, -0.15) is 0 Å². The van der Waals surface area contributed by atoms with Gasteiger partial charge in [-0.1, -0.05) is 23.7 Å². The van der Waals surface area contributed by atoms with Gasteiger partial charge in [0.1, 0.15) is 11.6 Å². The van der Waals surface area contributed by atoms with Crippen molar-refractivity contribution in [2.24, 2.45) is 0 Å². The van der Waals surface area contributed by atoms with E-state index in [1.165, 1.54) is 23.1 Å². The highest BCUT2D eigenvalue weighted by Crippen LogP contribution is 2.27. The minimum Gasteiger partial charge on any atom is -0.492 e. The van der Waals surface area contributed by atoms with Crippen LogP contribution in [0.2, 0.25) is 5.02 Å². The summed E-state index contributed by atoms with van der Waals surface area (Å²) >= 11 is 5.79. The number of amides is 1. The number of nitrogens with one attached hydrogen (secondary N) is 2. The molecule has 1 atom stereocenters. The van der Waals surface area contributed by atoms with Crippen molar-refractivity contribution in [3.63, 3.8) is 0 Å². The predicted molar refractivity (Wildman–Crippen MR) is 110 cm³/mol. The number of hydrogen-bond donors (Lipinski definition) is 2. The van der Waals surface area contributed by atoms with Gasteiger partial charge in [0.15, 0.2) is 6.04 Å². The Balaban J connectivity index is 1.58. The molecule has 0 aliphatic carbocycles. The maximum Gasteiger partial charge on any atom is 0.282 e. The molecular formula is C21H26ClFN3O2+. The third kappa shape index (κ3) is 4.75. The van der Waals surface area contributed by atoms with Crippen molar-refractivity contribution in [1.82, 2.24) is 0 Å². The summed E-state index contributed by atoms with van der Waals surface area (Å²) in [6, 6.07) is 12.0. The van der Waals surface area contributed by atoms with Crippen LogP contribution in [0.1, 0.15) is 13.8 Å². The second kappa shape index (κ2) is 9.26. The van der Waals surface area contributed by atoms with Crippen LogP contribution in [0, 0.1) is 5.82 Å². The zero-order valence-electron chi connectivity index (χ0n) is 16.2. The van der Waals surface area contributed by atoms with Crippen molar-refractivity contribution in [3.05, 3.63) is 53.3 Å². The number of para-hydroxylation sites is 2. The minimum atomic E-state index is -0.498. The molecule has 1 amide bonds. The largest absolute Gasteiger partial charge is 0.492 e. The van der Waals surface area contributed by atoms with Crippen LogP contribution in [0.25, 0.3) is 0 Å². The molecule has 2 aromatic rings. The monoisotopic (exact) mass is 406 g/mol. The number of benzene rings is 2. The first kappa shape index (κ1) is 20.4. The molecule has 0 bridgehead atoms. The molecule has 7 heteroatoms. The topological polar surface area (TPSA) is 46.0 Å². The fourth-order valence-corrected chi connectivity index (χ4v) is 3.65. The van der Waals surface area contributed by atoms with Crippen LogP contribution in [0.3, 0.4) is 0 Å². The number of nitrogens with zero attached hydrogens (tertiary/aromatic N) is 1. The average Bonchev–Trinajstić information content (AvgIpc) is 2.71. The number of piperazine rings is 1. The highest BCUT2D eigenvalue weighted by atomic mass is 35.5. The lowest BCUT2D eigenvalue weighted by atomic mass is 10.2. The molecule has 3 rings (SSSR count). The molecule has 1 aliphatic rings. The first-order valence-electron chi connectivity index (χ1n) is 9.57. The Kier molecular flexibility index (Phi) is 6.75. The van der Waals surface area contributed by atoms with E-state index in [2.05, 4.69) is 16.3 Å². The van der Waals surface area contributed by atoms with E-state index in [1.807, 2.05) is 32.0 Å². The van der Waals surface area contributed by atoms with Crippen molar-refractivity contribution in [1.29, 1.82) is 0 Å². The highest BCUT2D eigenvalue weighted by Gasteiger charge is 2.30. The van der Waals surface area contributed by atoms with Gasteiger partial charge >= 0.3 is 0 Å². The first-order chi connectivity index (χ1) is 13.5. The number of carbonyl (C=O) groups is 1. The fraction of sp³-hybridized carbons (Fsp3) is 0.381. The van der Waals surface area contributed by atoms with Crippen LogP contribution >= 0.6 is 11.6 Å². The Labute approximate surface area is 170 Å². The zero-order chi connectivity index (χ0) is 20.1. The second-order valence-corrected chi connectivity index (χ2v) is 7.29. The van der Waals surface area contributed by atoms with Crippen LogP contribution in [-0.2, 0) is 4.79 Å². The van der Waals surface area contributed by atoms with E-state index in [0.717, 1.165) is 37.6 Å². The molecule has 0 radical (unpaired) electrons. The molecule has 0 spiro atoms. The third-order valence-corrected chi connectivity index (χ3v) is 5.39. The summed E-state index contributed by atoms with van der Waals surface area (Å²) in [5.74, 6) is 0.301. The average molecular weight is 407 g/mol. The summed E-state index contributed by atoms with van der Waals surface area (Å²) in [6.45, 7) is 7.91. The maximum atomic E-state index is 13.3. The number of hydrogen-bond acceptors (Lipinski definition) is 3. The molecule has 5 nitrogen and oxygen atoms in total. The lowest BCUT2D eigenvalue weighted by Gasteiger charge is -2.36. The van der Waals surface area contributed by atoms with Crippen LogP contribution in [0.5, 0.6) is 5.75 Å². The Morgan fingerprint density at radius 2 is 2.00 bits per heavy atom. The molecular weight excluding hydrogens is 381 g/mol. The van der Waals surface area contributed by atoms with E-state index in [1.54, 1.807) is 0 Å². The molecule has 28 heavy (non-hydrogen) atoms. The van der Waals surface area contributed by atoms with E-state index in [0.29, 0.717) is 12.3 Å². The minimum absolute atomic E-state index is 0.000576. The highest BCUT2D eigenvalue weighted by molar-refractivity contribution is 6.31. The Hall–Kier alpha value is -2.31. The predicted octanol–water partition coefficient (Wildman–Crippen LogP) is 2.61. The summed E-state index contributed by atoms with van der Waals surface area (Å²) in [7, 11) is 0. The van der Waals surface area contributed by atoms with Gasteiger partial charge in [0.25, 0.3) is 5.91 Å². The second-order valence-electron chi connectivity index (χ2n) is 6.89. The molecule has 1 heterocycles. The SMILES string of the molecule is CCOc1ccccc1N1CC[NH+]([C@@H](C)C(=O)Nc2ccc(F)c(Cl)c2)CC1. The van der Waals surface area contributed by atoms with E-state index in [9.17, 15) is 9.18 Å². The summed E-state index contributed by atoms with van der Waals surface area (Å²) in [6.07, 6.45) is 0. The molecule has 150 valence electrons. The van der Waals surface area contributed by atoms with Crippen molar-refractivity contribution in [2.75, 3.05) is 43.0 Å². The van der Waals surface area contributed by atoms with Crippen LogP contribution in [0.15, 0.2) is 42.5 Å². The molecule has 0 aromatic heterocycles. The van der Waals surface area contributed by atoms with Gasteiger partial charge in [0, 0.05) is 5.69 Å². The maximum absolute atomic E-state index is 13.3. The molecule has 1 fully saturated rings. The van der Waals surface area contributed by atoms with Crippen molar-refractivity contribution in [2.45, 2.75) is 19.9 Å². The van der Waals surface area contributed by atoms with Gasteiger partial charge in [0.2, 0.25) is 0 Å². The van der Waals surface area contributed by atoms with Crippen molar-refractivity contribution < 1.29 is 18.8 Å². The smallest absolute Gasteiger partial charge is 0.282 e. The van der Waals surface area contributed by atoms with Crippen molar-refractivity contribution in [3.8, 4) is 5.75 Å². The Morgan fingerprint density at radius 3 is 2.68 bits per heavy atom. The van der Waals surface area contributed by atoms with Gasteiger partial charge in [-0.3, -0.25) is 4.79 Å². The molecule has 1 aliphatic heterocycles. The third-order valence-electron chi connectivity index (χ3n) is 5.10. The molecule has 0 unspecified atom stereocenters. The quantitative estimate of drug-likeness (QED) is 0.775. The number of halogens is 2. The van der Waals surface area contributed by atoms with Gasteiger partial charge in [-0.15, -0.1) is 0 Å². The normalized spacial score (nSPS) is 15.9. The number of anilines is 2. The van der Waals surface area contributed by atoms with E-state index in [-0.39, 0.29) is 17.0 Å². The zero-order valence-corrected chi connectivity index (χ0v) is 16.9. The summed E-state index contributed by atoms with van der Waals surface area (Å²) < 4.78 is 19.0. The van der Waals surface area contributed by atoms with Crippen LogP contribution in [0.4, 0.5) is 15.8 Å². The van der Waals surface area contributed by atoms with Crippen LogP contribution < -0.4 is 19.9 Å². The summed E-state index contributed by atoms with van der Waals surface area (Å²) in [5, 5.41) is 2.83. The molecule has 2 N–H and O–H groups in total. The fourth-order valence-electron chi connectivity index (χ4n) is 3.47. The molecule has 0 saturated carbocycles. The Morgan fingerprint density at radius 1 is 1.29 bits per heavy atom. The lowest BCUT2D eigenvalue weighted by Crippen LogP contribution is -3.19. The van der Waals surface area contributed by atoms with E-state index in [4.69, 9.17) is 16.3 Å².